The Morgan fingerprint density at radius 1 is 1.00 bits per heavy atom. The summed E-state index contributed by atoms with van der Waals surface area (Å²) in [4.78, 5) is 48.5. The summed E-state index contributed by atoms with van der Waals surface area (Å²) in [5.41, 5.74) is 4.27. The fourth-order valence-electron chi connectivity index (χ4n) is 5.68. The highest BCUT2D eigenvalue weighted by Gasteiger charge is 2.30. The molecule has 4 aromatic rings. The van der Waals surface area contributed by atoms with Gasteiger partial charge in [-0.25, -0.2) is 4.98 Å². The van der Waals surface area contributed by atoms with Crippen LogP contribution in [-0.4, -0.2) is 49.2 Å². The van der Waals surface area contributed by atoms with Crippen molar-refractivity contribution in [2.24, 2.45) is 5.92 Å². The number of carbonyl (C=O) groups excluding carboxylic acids is 2. The van der Waals surface area contributed by atoms with Gasteiger partial charge in [-0.2, -0.15) is 0 Å². The van der Waals surface area contributed by atoms with Gasteiger partial charge in [-0.1, -0.05) is 26.0 Å². The quantitative estimate of drug-likeness (QED) is 0.206. The molecule has 3 N–H and O–H groups in total. The van der Waals surface area contributed by atoms with E-state index in [4.69, 9.17) is 14.2 Å². The highest BCUT2D eigenvalue weighted by atomic mass is 32.1. The minimum absolute atomic E-state index is 0.178. The fraction of sp³-hybridized carbons (Fsp3) is 0.324. The molecule has 5 rings (SSSR count). The van der Waals surface area contributed by atoms with E-state index < -0.39 is 12.1 Å². The predicted octanol–water partition coefficient (Wildman–Crippen LogP) is 5.46. The fourth-order valence-corrected chi connectivity index (χ4v) is 6.38. The molecule has 0 aliphatic heterocycles. The Hall–Kier alpha value is -4.97. The average Bonchev–Trinajstić information content (AvgIpc) is 3.38. The number of nitrogens with one attached hydrogen (secondary N) is 3. The number of hydrogen-bond donors (Lipinski definition) is 3. The molecule has 2 aromatic carbocycles. The van der Waals surface area contributed by atoms with Crippen LogP contribution < -0.4 is 35.6 Å². The third-order valence-electron chi connectivity index (χ3n) is 7.84. The summed E-state index contributed by atoms with van der Waals surface area (Å²) in [6, 6.07) is 11.3. The summed E-state index contributed by atoms with van der Waals surface area (Å²) in [6.45, 7) is 5.25. The first-order chi connectivity index (χ1) is 22.1. The number of pyridine rings is 1. The molecule has 0 bridgehead atoms. The van der Waals surface area contributed by atoms with E-state index in [1.54, 1.807) is 26.5 Å². The van der Waals surface area contributed by atoms with Gasteiger partial charge in [-0.05, 0) is 65.8 Å². The van der Waals surface area contributed by atoms with Gasteiger partial charge < -0.3 is 30.2 Å². The van der Waals surface area contributed by atoms with Crippen LogP contribution in [0.25, 0.3) is 22.5 Å². The molecule has 0 saturated carbocycles. The van der Waals surface area contributed by atoms with Crippen molar-refractivity contribution in [1.29, 1.82) is 0 Å². The van der Waals surface area contributed by atoms with Crippen LogP contribution in [0.5, 0.6) is 17.2 Å². The van der Waals surface area contributed by atoms with E-state index in [-0.39, 0.29) is 28.8 Å². The van der Waals surface area contributed by atoms with Crippen LogP contribution >= 0.6 is 11.3 Å². The molecular formula is C34H37N5O6S. The molecule has 2 amide bonds. The van der Waals surface area contributed by atoms with Gasteiger partial charge in [0.2, 0.25) is 23.0 Å². The van der Waals surface area contributed by atoms with Crippen molar-refractivity contribution < 1.29 is 23.8 Å². The second-order valence-corrected chi connectivity index (χ2v) is 12.1. The number of anilines is 2. The van der Waals surface area contributed by atoms with E-state index in [1.165, 1.54) is 31.4 Å². The lowest BCUT2D eigenvalue weighted by molar-refractivity contribution is -0.120. The molecule has 12 heteroatoms. The van der Waals surface area contributed by atoms with E-state index in [2.05, 4.69) is 25.9 Å². The van der Waals surface area contributed by atoms with Crippen molar-refractivity contribution in [2.45, 2.75) is 45.7 Å². The molecule has 240 valence electrons. The summed E-state index contributed by atoms with van der Waals surface area (Å²) < 4.78 is 17.1. The minimum atomic E-state index is -0.755. The van der Waals surface area contributed by atoms with Crippen LogP contribution in [0.2, 0.25) is 0 Å². The molecule has 46 heavy (non-hydrogen) atoms. The number of benzene rings is 1. The van der Waals surface area contributed by atoms with Gasteiger partial charge in [0, 0.05) is 24.1 Å². The molecule has 0 radical (unpaired) electrons. The maximum Gasteiger partial charge on any atom is 0.248 e. The maximum absolute atomic E-state index is 13.8. The second kappa shape index (κ2) is 14.0. The third-order valence-corrected chi connectivity index (χ3v) is 8.60. The third kappa shape index (κ3) is 6.66. The van der Waals surface area contributed by atoms with Crippen LogP contribution in [0.1, 0.15) is 44.4 Å². The van der Waals surface area contributed by atoms with Gasteiger partial charge in [-0.15, -0.1) is 11.3 Å². The van der Waals surface area contributed by atoms with Gasteiger partial charge in [0.15, 0.2) is 16.6 Å². The van der Waals surface area contributed by atoms with Crippen molar-refractivity contribution in [3.8, 4) is 39.8 Å². The molecular weight excluding hydrogens is 606 g/mol. The number of amides is 2. The summed E-state index contributed by atoms with van der Waals surface area (Å²) in [6.07, 6.45) is 2.81. The Kier molecular flexibility index (Phi) is 9.86. The summed E-state index contributed by atoms with van der Waals surface area (Å²) in [7, 11) is 4.65. The highest BCUT2D eigenvalue weighted by molar-refractivity contribution is 7.14. The first-order valence-electron chi connectivity index (χ1n) is 14.9. The van der Waals surface area contributed by atoms with Gasteiger partial charge in [0.05, 0.1) is 38.8 Å². The first-order valence-corrected chi connectivity index (χ1v) is 15.7. The molecule has 0 saturated heterocycles. The number of thiazole rings is 1. The highest BCUT2D eigenvalue weighted by Crippen LogP contribution is 2.50. The zero-order chi connectivity index (χ0) is 33.0. The standard InChI is InChI=1S/C34H37N5O6S/c1-18(2)30(33(42)39-34-38-26(17-46-34)24-9-7-8-14-35-24)37-25-13-11-21-22(16-27(25)41)23(36-19(3)40)12-10-20-15-28(43-4)31(44-5)32(45-6)29(20)21/h7-9,11,13-18,23,30H,10,12H2,1-6H3,(H,36,40)(H,37,41)(H,38,39,42)/t23-,30-/m1/s1. The van der Waals surface area contributed by atoms with Crippen LogP contribution in [0.3, 0.4) is 0 Å². The van der Waals surface area contributed by atoms with Crippen molar-refractivity contribution >= 4 is 34.0 Å². The molecule has 2 heterocycles. The van der Waals surface area contributed by atoms with Crippen molar-refractivity contribution in [2.75, 3.05) is 32.0 Å². The van der Waals surface area contributed by atoms with E-state index >= 15 is 0 Å². The predicted molar refractivity (Wildman–Crippen MR) is 179 cm³/mol. The minimum Gasteiger partial charge on any atom is -0.493 e. The summed E-state index contributed by atoms with van der Waals surface area (Å²) in [5, 5.41) is 11.4. The average molecular weight is 644 g/mol. The van der Waals surface area contributed by atoms with Gasteiger partial charge in [-0.3, -0.25) is 19.4 Å². The van der Waals surface area contributed by atoms with Gasteiger partial charge in [0.25, 0.3) is 0 Å². The molecule has 11 nitrogen and oxygen atoms in total. The lowest BCUT2D eigenvalue weighted by Gasteiger charge is -2.21. The van der Waals surface area contributed by atoms with Crippen LogP contribution in [0.4, 0.5) is 10.8 Å². The number of carbonyl (C=O) groups is 2. The summed E-state index contributed by atoms with van der Waals surface area (Å²) >= 11 is 1.30. The van der Waals surface area contributed by atoms with Gasteiger partial charge >= 0.3 is 0 Å². The molecule has 2 atom stereocenters. The topological polar surface area (TPSA) is 141 Å². The van der Waals surface area contributed by atoms with Crippen molar-refractivity contribution in [3.63, 3.8) is 0 Å². The van der Waals surface area contributed by atoms with Crippen LogP contribution in [-0.2, 0) is 16.0 Å². The smallest absolute Gasteiger partial charge is 0.248 e. The van der Waals surface area contributed by atoms with Gasteiger partial charge in [0.1, 0.15) is 11.7 Å². The van der Waals surface area contributed by atoms with Crippen LogP contribution in [0.15, 0.2) is 58.8 Å². The maximum atomic E-state index is 13.8. The number of fused-ring (bicyclic) bond motifs is 3. The number of hydrogen-bond acceptors (Lipinski definition) is 10. The monoisotopic (exact) mass is 643 g/mol. The van der Waals surface area contributed by atoms with E-state index in [9.17, 15) is 14.4 Å². The normalized spacial score (nSPS) is 14.3. The molecule has 2 aromatic heterocycles. The molecule has 1 aliphatic carbocycles. The zero-order valence-electron chi connectivity index (χ0n) is 26.6. The Balaban J connectivity index is 1.54. The van der Waals surface area contributed by atoms with Crippen LogP contribution in [0, 0.1) is 5.92 Å². The molecule has 0 fully saturated rings. The van der Waals surface area contributed by atoms with E-state index in [0.717, 1.165) is 11.1 Å². The molecule has 1 aliphatic rings. The van der Waals surface area contributed by atoms with Crippen molar-refractivity contribution in [1.82, 2.24) is 15.3 Å². The molecule has 0 spiro atoms. The SMILES string of the molecule is COc1cc2c(c(OC)c1OC)-c1ccc(N[C@@H](C(=O)Nc3nc(-c4ccccn4)cs3)C(C)C)c(=O)cc1[C@H](NC(C)=O)CC2. The van der Waals surface area contributed by atoms with E-state index in [0.29, 0.717) is 57.7 Å². The number of ether oxygens (including phenoxy) is 3. The van der Waals surface area contributed by atoms with Crippen molar-refractivity contribution in [3.05, 3.63) is 75.4 Å². The Bertz CT molecular complexity index is 1810. The summed E-state index contributed by atoms with van der Waals surface area (Å²) in [5.74, 6) is 0.675. The zero-order valence-corrected chi connectivity index (χ0v) is 27.4. The number of rotatable bonds is 10. The number of aryl methyl sites for hydroxylation is 1. The lowest BCUT2D eigenvalue weighted by atomic mass is 9.95. The number of nitrogens with zero attached hydrogens (tertiary/aromatic N) is 2. The Morgan fingerprint density at radius 3 is 2.43 bits per heavy atom. The largest absolute Gasteiger partial charge is 0.493 e. The lowest BCUT2D eigenvalue weighted by Crippen LogP contribution is -2.39. The molecule has 0 unspecified atom stereocenters. The Labute approximate surface area is 271 Å². The van der Waals surface area contributed by atoms with E-state index in [1.807, 2.05) is 49.6 Å². The Morgan fingerprint density at radius 2 is 1.78 bits per heavy atom. The number of methoxy groups -OCH3 is 3. The first kappa shape index (κ1) is 32.4. The second-order valence-electron chi connectivity index (χ2n) is 11.2. The number of aromatic nitrogens is 2.